The second-order valence-electron chi connectivity index (χ2n) is 14.8. The molecule has 16 heteroatoms. The van der Waals surface area contributed by atoms with Crippen LogP contribution in [0.15, 0.2) is 67.1 Å². The van der Waals surface area contributed by atoms with Crippen LogP contribution in [0.5, 0.6) is 5.75 Å². The highest BCUT2D eigenvalue weighted by molar-refractivity contribution is 6.24. The number of pyridine rings is 2. The maximum absolute atomic E-state index is 13.3. The summed E-state index contributed by atoms with van der Waals surface area (Å²) >= 11 is 0. The molecule has 0 aliphatic carbocycles. The second-order valence-corrected chi connectivity index (χ2v) is 14.8. The van der Waals surface area contributed by atoms with E-state index in [0.29, 0.717) is 63.1 Å². The fraction of sp³-hybridized carbons (Fsp3) is 0.405. The number of nitrogens with zero attached hydrogens (tertiary/aromatic N) is 6. The molecule has 0 spiro atoms. The first-order valence-corrected chi connectivity index (χ1v) is 19.8. The summed E-state index contributed by atoms with van der Waals surface area (Å²) in [5.74, 6) is -1.62. The van der Waals surface area contributed by atoms with E-state index in [1.165, 1.54) is 18.2 Å². The number of benzene rings is 1. The van der Waals surface area contributed by atoms with Crippen LogP contribution < -0.4 is 20.3 Å². The predicted octanol–water partition coefficient (Wildman–Crippen LogP) is 2.46. The Morgan fingerprint density at radius 1 is 0.862 bits per heavy atom. The van der Waals surface area contributed by atoms with Crippen molar-refractivity contribution in [2.24, 2.45) is 5.92 Å². The smallest absolute Gasteiger partial charge is 0.266 e. The van der Waals surface area contributed by atoms with Crippen molar-refractivity contribution in [3.63, 3.8) is 0 Å². The monoisotopic (exact) mass is 790 g/mol. The Balaban J connectivity index is 0.806. The standard InChI is InChI=1S/C42H46N8O8/c51-35(13-9-29-6-4-17-43-25-29)44-18-2-1-5-28-15-19-49(20-16-28)40(55)30-10-12-34(45-26-30)47-21-23-48(24-22-47)37(53)27-58-33-8-3-7-31-38(33)42(57)50(41(31)56)32-11-14-36(52)46-39(32)54/h3-4,6-10,12-13,17,25-26,28,32H,1-2,5,11,14-16,18-24,27H2,(H,44,51)(H,46,52,54)/b13-9+. The number of rotatable bonds is 13. The Bertz CT molecular complexity index is 2080. The fourth-order valence-corrected chi connectivity index (χ4v) is 7.80. The Morgan fingerprint density at radius 2 is 1.67 bits per heavy atom. The van der Waals surface area contributed by atoms with Gasteiger partial charge in [-0.1, -0.05) is 25.0 Å². The van der Waals surface area contributed by atoms with E-state index in [9.17, 15) is 33.6 Å². The minimum absolute atomic E-state index is 0.00934. The molecule has 0 saturated carbocycles. The molecule has 2 N–H and O–H groups in total. The first-order valence-electron chi connectivity index (χ1n) is 19.8. The number of carbonyl (C=O) groups excluding carboxylic acids is 7. The molecule has 7 amide bonds. The summed E-state index contributed by atoms with van der Waals surface area (Å²) in [6.45, 7) is 3.52. The van der Waals surface area contributed by atoms with Gasteiger partial charge in [0.25, 0.3) is 23.6 Å². The normalized spacial score (nSPS) is 18.7. The first kappa shape index (κ1) is 39.8. The summed E-state index contributed by atoms with van der Waals surface area (Å²) in [7, 11) is 0. The number of aromatic nitrogens is 2. The molecule has 0 bridgehead atoms. The Kier molecular flexibility index (Phi) is 12.5. The molecule has 1 atom stereocenters. The maximum Gasteiger partial charge on any atom is 0.266 e. The molecule has 3 fully saturated rings. The zero-order valence-corrected chi connectivity index (χ0v) is 32.1. The Labute approximate surface area is 335 Å². The quantitative estimate of drug-likeness (QED) is 0.147. The van der Waals surface area contributed by atoms with E-state index in [1.807, 2.05) is 28.0 Å². The Morgan fingerprint density at radius 3 is 2.40 bits per heavy atom. The van der Waals surface area contributed by atoms with Gasteiger partial charge >= 0.3 is 0 Å². The summed E-state index contributed by atoms with van der Waals surface area (Å²) in [5, 5.41) is 5.11. The maximum atomic E-state index is 13.3. The van der Waals surface area contributed by atoms with Crippen molar-refractivity contribution in [1.82, 2.24) is 35.3 Å². The lowest BCUT2D eigenvalue weighted by atomic mass is 9.91. The van der Waals surface area contributed by atoms with Crippen LogP contribution in [-0.2, 0) is 19.2 Å². The lowest BCUT2D eigenvalue weighted by Crippen LogP contribution is -2.54. The molecule has 16 nitrogen and oxygen atoms in total. The van der Waals surface area contributed by atoms with Gasteiger partial charge in [-0.05, 0) is 73.6 Å². The molecule has 3 saturated heterocycles. The van der Waals surface area contributed by atoms with Gasteiger partial charge in [0.15, 0.2) is 6.61 Å². The van der Waals surface area contributed by atoms with E-state index in [0.717, 1.165) is 42.6 Å². The number of anilines is 1. The number of hydrogen-bond donors (Lipinski definition) is 2. The summed E-state index contributed by atoms with van der Waals surface area (Å²) in [6.07, 6.45) is 13.2. The molecule has 58 heavy (non-hydrogen) atoms. The molecular formula is C42H46N8O8. The van der Waals surface area contributed by atoms with Crippen molar-refractivity contribution in [2.45, 2.75) is 51.0 Å². The van der Waals surface area contributed by atoms with E-state index in [2.05, 4.69) is 20.6 Å². The van der Waals surface area contributed by atoms with Gasteiger partial charge in [0.2, 0.25) is 17.7 Å². The number of imide groups is 2. The first-order chi connectivity index (χ1) is 28.2. The molecule has 302 valence electrons. The summed E-state index contributed by atoms with van der Waals surface area (Å²) in [4.78, 5) is 104. The summed E-state index contributed by atoms with van der Waals surface area (Å²) in [5.41, 5.74) is 1.48. The van der Waals surface area contributed by atoms with Crippen molar-refractivity contribution in [2.75, 3.05) is 57.3 Å². The molecule has 6 heterocycles. The van der Waals surface area contributed by atoms with Crippen LogP contribution in [0.2, 0.25) is 0 Å². The SMILES string of the molecule is O=C(/C=C/c1cccnc1)NCCCCC1CCN(C(=O)c2ccc(N3CCN(C(=O)COc4cccc5c4C(=O)N(C4CCC(=O)NC4=O)C5=O)CC3)nc2)CC1. The van der Waals surface area contributed by atoms with Crippen LogP contribution in [0.25, 0.3) is 6.08 Å². The molecule has 1 unspecified atom stereocenters. The van der Waals surface area contributed by atoms with E-state index in [-0.39, 0.29) is 54.0 Å². The summed E-state index contributed by atoms with van der Waals surface area (Å²) in [6, 6.07) is 10.8. The van der Waals surface area contributed by atoms with Gasteiger partial charge in [-0.2, -0.15) is 0 Å². The molecule has 1 aromatic carbocycles. The number of carbonyl (C=O) groups is 7. The van der Waals surface area contributed by atoms with Gasteiger partial charge in [-0.15, -0.1) is 0 Å². The van der Waals surface area contributed by atoms with E-state index in [4.69, 9.17) is 4.74 Å². The molecule has 4 aliphatic heterocycles. The highest BCUT2D eigenvalue weighted by Crippen LogP contribution is 2.34. The van der Waals surface area contributed by atoms with Crippen LogP contribution in [0, 0.1) is 5.92 Å². The van der Waals surface area contributed by atoms with Crippen molar-refractivity contribution >= 4 is 53.2 Å². The number of hydrogen-bond acceptors (Lipinski definition) is 11. The van der Waals surface area contributed by atoms with Crippen molar-refractivity contribution in [1.29, 1.82) is 0 Å². The highest BCUT2D eigenvalue weighted by atomic mass is 16.5. The lowest BCUT2D eigenvalue weighted by molar-refractivity contribution is -0.136. The van der Waals surface area contributed by atoms with Crippen molar-refractivity contribution in [3.05, 3.63) is 89.4 Å². The lowest BCUT2D eigenvalue weighted by Gasteiger charge is -2.35. The number of ether oxygens (including phenoxy) is 1. The zero-order valence-electron chi connectivity index (χ0n) is 32.1. The third-order valence-electron chi connectivity index (χ3n) is 11.1. The van der Waals surface area contributed by atoms with Crippen LogP contribution in [0.4, 0.5) is 5.82 Å². The number of likely N-dealkylation sites (tertiary alicyclic amines) is 1. The minimum atomic E-state index is -1.10. The molecule has 7 rings (SSSR count). The van der Waals surface area contributed by atoms with Crippen LogP contribution in [0.3, 0.4) is 0 Å². The molecule has 3 aromatic rings. The number of amides is 7. The average molecular weight is 791 g/mol. The van der Waals surface area contributed by atoms with Crippen LogP contribution >= 0.6 is 0 Å². The number of nitrogens with one attached hydrogen (secondary N) is 2. The van der Waals surface area contributed by atoms with Gasteiger partial charge in [-0.25, -0.2) is 4.98 Å². The second kappa shape index (κ2) is 18.2. The highest BCUT2D eigenvalue weighted by Gasteiger charge is 2.46. The van der Waals surface area contributed by atoms with Crippen molar-refractivity contribution in [3.8, 4) is 5.75 Å². The summed E-state index contributed by atoms with van der Waals surface area (Å²) < 4.78 is 5.79. The predicted molar refractivity (Wildman–Crippen MR) is 210 cm³/mol. The largest absolute Gasteiger partial charge is 0.483 e. The van der Waals surface area contributed by atoms with E-state index >= 15 is 0 Å². The van der Waals surface area contributed by atoms with Gasteiger partial charge < -0.3 is 24.8 Å². The van der Waals surface area contributed by atoms with Gasteiger partial charge in [0.05, 0.1) is 16.7 Å². The van der Waals surface area contributed by atoms with Crippen molar-refractivity contribution < 1.29 is 38.3 Å². The number of piperidine rings is 2. The molecule has 0 radical (unpaired) electrons. The third kappa shape index (κ3) is 9.22. The number of unbranched alkanes of at least 4 members (excludes halogenated alkanes) is 1. The van der Waals surface area contributed by atoms with Crippen LogP contribution in [-0.4, -0.2) is 124 Å². The van der Waals surface area contributed by atoms with E-state index < -0.39 is 29.7 Å². The van der Waals surface area contributed by atoms with Gasteiger partial charge in [-0.3, -0.25) is 48.8 Å². The van der Waals surface area contributed by atoms with Gasteiger partial charge in [0.1, 0.15) is 17.6 Å². The molecule has 2 aromatic heterocycles. The van der Waals surface area contributed by atoms with Gasteiger partial charge in [0, 0.05) is 76.9 Å². The number of fused-ring (bicyclic) bond motifs is 1. The minimum Gasteiger partial charge on any atom is -0.483 e. The number of piperazine rings is 1. The third-order valence-corrected chi connectivity index (χ3v) is 11.1. The average Bonchev–Trinajstić information content (AvgIpc) is 3.51. The Hall–Kier alpha value is -6.45. The zero-order chi connectivity index (χ0) is 40.6. The van der Waals surface area contributed by atoms with E-state index in [1.54, 1.807) is 41.7 Å². The van der Waals surface area contributed by atoms with Crippen LogP contribution in [0.1, 0.15) is 81.6 Å². The molecule has 4 aliphatic rings. The topological polar surface area (TPSA) is 192 Å². The molecular weight excluding hydrogens is 745 g/mol. The fourth-order valence-electron chi connectivity index (χ4n) is 7.80.